The van der Waals surface area contributed by atoms with Gasteiger partial charge in [0.25, 0.3) is 0 Å². The quantitative estimate of drug-likeness (QED) is 0.791. The van der Waals surface area contributed by atoms with Crippen LogP contribution in [0.15, 0.2) is 6.33 Å². The van der Waals surface area contributed by atoms with Gasteiger partial charge >= 0.3 is 0 Å². The van der Waals surface area contributed by atoms with E-state index >= 15 is 0 Å². The van der Waals surface area contributed by atoms with Crippen molar-refractivity contribution in [2.45, 2.75) is 51.7 Å². The first-order chi connectivity index (χ1) is 9.59. The van der Waals surface area contributed by atoms with E-state index < -0.39 is 5.60 Å². The molecule has 6 heteroatoms. The van der Waals surface area contributed by atoms with Crippen LogP contribution in [0.1, 0.15) is 45.5 Å². The lowest BCUT2D eigenvalue weighted by Crippen LogP contribution is -2.47. The number of hydrogen-bond acceptors (Lipinski definition) is 5. The van der Waals surface area contributed by atoms with E-state index in [1.807, 2.05) is 20.8 Å². The van der Waals surface area contributed by atoms with E-state index in [4.69, 9.17) is 9.47 Å². The Kier molecular flexibility index (Phi) is 4.88. The maximum atomic E-state index is 12.7. The van der Waals surface area contributed by atoms with Crippen molar-refractivity contribution in [1.82, 2.24) is 14.8 Å². The third-order valence-corrected chi connectivity index (χ3v) is 3.68. The van der Waals surface area contributed by atoms with E-state index in [2.05, 4.69) is 10.1 Å². The van der Waals surface area contributed by atoms with Crippen molar-refractivity contribution in [3.8, 4) is 0 Å². The van der Waals surface area contributed by atoms with Gasteiger partial charge < -0.3 is 9.47 Å². The summed E-state index contributed by atoms with van der Waals surface area (Å²) in [7, 11) is 0. The second-order valence-corrected chi connectivity index (χ2v) is 5.35. The fraction of sp³-hybridized carbons (Fsp3) is 0.786. The molecule has 1 aliphatic rings. The van der Waals surface area contributed by atoms with Gasteiger partial charge in [-0.15, -0.1) is 0 Å². The van der Waals surface area contributed by atoms with E-state index in [-0.39, 0.29) is 18.2 Å². The summed E-state index contributed by atoms with van der Waals surface area (Å²) in [6.45, 7) is 7.64. The summed E-state index contributed by atoms with van der Waals surface area (Å²) >= 11 is 0. The van der Waals surface area contributed by atoms with E-state index in [1.54, 1.807) is 4.68 Å². The first kappa shape index (κ1) is 15.1. The zero-order valence-corrected chi connectivity index (χ0v) is 12.5. The van der Waals surface area contributed by atoms with Gasteiger partial charge in [0.1, 0.15) is 17.8 Å². The third kappa shape index (κ3) is 3.07. The molecule has 1 aliphatic heterocycles. The minimum atomic E-state index is -0.708. The Balaban J connectivity index is 2.14. The summed E-state index contributed by atoms with van der Waals surface area (Å²) in [6, 6.07) is 0.193. The highest BCUT2D eigenvalue weighted by Gasteiger charge is 2.40. The largest absolute Gasteiger partial charge is 0.381 e. The van der Waals surface area contributed by atoms with Gasteiger partial charge in [0.2, 0.25) is 0 Å². The summed E-state index contributed by atoms with van der Waals surface area (Å²) in [5.41, 5.74) is -0.708. The van der Waals surface area contributed by atoms with Crippen LogP contribution in [0.5, 0.6) is 0 Å². The third-order valence-electron chi connectivity index (χ3n) is 3.68. The van der Waals surface area contributed by atoms with Crippen molar-refractivity contribution in [1.29, 1.82) is 0 Å². The number of Topliss-reactive ketones (excluding diaryl/α,β-unsaturated/α-hetero) is 1. The summed E-state index contributed by atoms with van der Waals surface area (Å²) in [5.74, 6) is 0.785. The van der Waals surface area contributed by atoms with Crippen LogP contribution < -0.4 is 0 Å². The summed E-state index contributed by atoms with van der Waals surface area (Å²) in [6.07, 6.45) is 3.00. The number of carbonyl (C=O) groups excluding carboxylic acids is 1. The molecule has 2 rings (SSSR count). The molecule has 0 bridgehead atoms. The Morgan fingerprint density at radius 3 is 2.80 bits per heavy atom. The number of rotatable bonds is 6. The monoisotopic (exact) mass is 281 g/mol. The lowest BCUT2D eigenvalue weighted by molar-refractivity contribution is -0.157. The molecule has 0 aromatic carbocycles. The lowest BCUT2D eigenvalue weighted by Gasteiger charge is -2.35. The Labute approximate surface area is 119 Å². The van der Waals surface area contributed by atoms with Gasteiger partial charge in [0.15, 0.2) is 5.78 Å². The summed E-state index contributed by atoms with van der Waals surface area (Å²) in [5, 5.41) is 4.17. The summed E-state index contributed by atoms with van der Waals surface area (Å²) < 4.78 is 12.9. The molecule has 0 atom stereocenters. The van der Waals surface area contributed by atoms with Crippen LogP contribution in [0.25, 0.3) is 0 Å². The number of ketones is 1. The molecular formula is C14H23N3O3. The highest BCUT2D eigenvalue weighted by Crippen LogP contribution is 2.27. The van der Waals surface area contributed by atoms with Crippen LogP contribution in [0.4, 0.5) is 0 Å². The molecule has 1 saturated heterocycles. The minimum Gasteiger partial charge on any atom is -0.381 e. The number of hydrogen-bond donors (Lipinski definition) is 0. The fourth-order valence-corrected chi connectivity index (χ4v) is 2.62. The molecule has 1 aromatic rings. The molecule has 20 heavy (non-hydrogen) atoms. The molecule has 1 aromatic heterocycles. The molecule has 0 aliphatic carbocycles. The van der Waals surface area contributed by atoms with E-state index in [0.29, 0.717) is 38.5 Å². The molecule has 0 amide bonds. The molecule has 0 unspecified atom stereocenters. The second kappa shape index (κ2) is 6.45. The van der Waals surface area contributed by atoms with Gasteiger partial charge in [-0.25, -0.2) is 9.67 Å². The molecule has 0 radical (unpaired) electrons. The van der Waals surface area contributed by atoms with Crippen molar-refractivity contribution in [2.75, 3.05) is 19.8 Å². The van der Waals surface area contributed by atoms with Gasteiger partial charge in [-0.05, 0) is 20.8 Å². The summed E-state index contributed by atoms with van der Waals surface area (Å²) in [4.78, 5) is 16.9. The second-order valence-electron chi connectivity index (χ2n) is 5.35. The van der Waals surface area contributed by atoms with Gasteiger partial charge in [-0.1, -0.05) is 0 Å². The van der Waals surface area contributed by atoms with E-state index in [0.717, 1.165) is 0 Å². The van der Waals surface area contributed by atoms with Crippen LogP contribution in [0.2, 0.25) is 0 Å². The maximum absolute atomic E-state index is 12.7. The number of nitrogens with zero attached hydrogens (tertiary/aromatic N) is 3. The van der Waals surface area contributed by atoms with Crippen molar-refractivity contribution in [3.05, 3.63) is 12.2 Å². The van der Waals surface area contributed by atoms with E-state index in [1.165, 1.54) is 6.33 Å². The predicted molar refractivity (Wildman–Crippen MR) is 73.5 cm³/mol. The maximum Gasteiger partial charge on any atom is 0.172 e. The molecule has 2 heterocycles. The molecule has 0 saturated carbocycles. The Bertz CT molecular complexity index is 445. The van der Waals surface area contributed by atoms with E-state index in [9.17, 15) is 4.79 Å². The number of carbonyl (C=O) groups is 1. The number of aromatic nitrogens is 3. The molecule has 112 valence electrons. The standard InChI is InChI=1S/C14H23N3O3/c1-4-20-14(5-7-19-8-6-14)12(18)9-13-15-10-16-17(13)11(2)3/h10-11H,4-9H2,1-3H3. The van der Waals surface area contributed by atoms with Crippen LogP contribution >= 0.6 is 0 Å². The highest BCUT2D eigenvalue weighted by atomic mass is 16.5. The molecule has 1 fully saturated rings. The average Bonchev–Trinajstić information content (AvgIpc) is 2.88. The first-order valence-corrected chi connectivity index (χ1v) is 7.22. The molecule has 0 spiro atoms. The van der Waals surface area contributed by atoms with Gasteiger partial charge in [0, 0.05) is 38.7 Å². The van der Waals surface area contributed by atoms with Gasteiger partial charge in [0.05, 0.1) is 6.42 Å². The molecule has 6 nitrogen and oxygen atoms in total. The van der Waals surface area contributed by atoms with Crippen molar-refractivity contribution >= 4 is 5.78 Å². The van der Waals surface area contributed by atoms with Crippen molar-refractivity contribution in [2.24, 2.45) is 0 Å². The Hall–Kier alpha value is -1.27. The van der Waals surface area contributed by atoms with Crippen molar-refractivity contribution in [3.63, 3.8) is 0 Å². The van der Waals surface area contributed by atoms with Crippen LogP contribution in [0.3, 0.4) is 0 Å². The van der Waals surface area contributed by atoms with Gasteiger partial charge in [-0.3, -0.25) is 4.79 Å². The Morgan fingerprint density at radius 2 is 2.20 bits per heavy atom. The highest BCUT2D eigenvalue weighted by molar-refractivity contribution is 5.88. The SMILES string of the molecule is CCOC1(C(=O)Cc2ncnn2C(C)C)CCOCC1. The van der Waals surface area contributed by atoms with Crippen molar-refractivity contribution < 1.29 is 14.3 Å². The number of ether oxygens (including phenoxy) is 2. The smallest absolute Gasteiger partial charge is 0.172 e. The Morgan fingerprint density at radius 1 is 1.50 bits per heavy atom. The normalized spacial score (nSPS) is 18.4. The van der Waals surface area contributed by atoms with Crippen LogP contribution in [0, 0.1) is 0 Å². The lowest BCUT2D eigenvalue weighted by atomic mass is 9.87. The molecule has 0 N–H and O–H groups in total. The fourth-order valence-electron chi connectivity index (χ4n) is 2.62. The van der Waals surface area contributed by atoms with Gasteiger partial charge in [-0.2, -0.15) is 5.10 Å². The minimum absolute atomic E-state index is 0.0811. The topological polar surface area (TPSA) is 66.2 Å². The zero-order valence-electron chi connectivity index (χ0n) is 12.5. The first-order valence-electron chi connectivity index (χ1n) is 7.22. The average molecular weight is 281 g/mol. The predicted octanol–water partition coefficient (Wildman–Crippen LogP) is 1.56. The molecular weight excluding hydrogens is 258 g/mol. The zero-order chi connectivity index (χ0) is 14.6. The van der Waals surface area contributed by atoms with Crippen LogP contribution in [-0.4, -0.2) is 46.0 Å². The van der Waals surface area contributed by atoms with Crippen LogP contribution in [-0.2, 0) is 20.7 Å².